The number of aliphatic imine (C=N–C) groups is 1. The summed E-state index contributed by atoms with van der Waals surface area (Å²) >= 11 is 0. The summed E-state index contributed by atoms with van der Waals surface area (Å²) in [6, 6.07) is 5.88. The molecule has 6 nitrogen and oxygen atoms in total. The third-order valence-corrected chi connectivity index (χ3v) is 2.66. The molecule has 1 saturated carbocycles. The summed E-state index contributed by atoms with van der Waals surface area (Å²) in [5, 5.41) is 3.10. The Morgan fingerprint density at radius 3 is 2.67 bits per heavy atom. The lowest BCUT2D eigenvalue weighted by Gasteiger charge is -2.13. The number of hydrazine groups is 1. The highest BCUT2D eigenvalue weighted by atomic mass is 16.5. The zero-order valence-electron chi connectivity index (χ0n) is 10.6. The Hall–Kier alpha value is -1.95. The van der Waals surface area contributed by atoms with Crippen LogP contribution in [-0.4, -0.2) is 26.2 Å². The molecule has 0 spiro atoms. The van der Waals surface area contributed by atoms with Gasteiger partial charge in [-0.25, -0.2) is 10.8 Å². The maximum Gasteiger partial charge on any atom is 0.210 e. The molecule has 1 aromatic rings. The molecule has 2 rings (SSSR count). The number of benzene rings is 1. The van der Waals surface area contributed by atoms with Gasteiger partial charge in [0, 0.05) is 6.07 Å². The van der Waals surface area contributed by atoms with Crippen LogP contribution in [0.3, 0.4) is 0 Å². The molecule has 0 atom stereocenters. The summed E-state index contributed by atoms with van der Waals surface area (Å²) < 4.78 is 10.4. The van der Waals surface area contributed by atoms with E-state index in [9.17, 15) is 0 Å². The molecule has 0 aromatic heterocycles. The van der Waals surface area contributed by atoms with Gasteiger partial charge in [0.2, 0.25) is 5.96 Å². The van der Waals surface area contributed by atoms with Crippen LogP contribution in [0.2, 0.25) is 0 Å². The van der Waals surface area contributed by atoms with Crippen molar-refractivity contribution in [1.29, 1.82) is 0 Å². The van der Waals surface area contributed by atoms with Crippen molar-refractivity contribution >= 4 is 11.6 Å². The quantitative estimate of drug-likeness (QED) is 0.323. The van der Waals surface area contributed by atoms with Gasteiger partial charge in [0.05, 0.1) is 25.9 Å². The van der Waals surface area contributed by atoms with Crippen LogP contribution in [0.25, 0.3) is 0 Å². The predicted octanol–water partition coefficient (Wildman–Crippen LogP) is 1.10. The van der Waals surface area contributed by atoms with E-state index in [1.165, 1.54) is 0 Å². The van der Waals surface area contributed by atoms with Crippen LogP contribution in [0, 0.1) is 0 Å². The lowest BCUT2D eigenvalue weighted by Crippen LogP contribution is -2.36. The van der Waals surface area contributed by atoms with E-state index in [-0.39, 0.29) is 0 Å². The van der Waals surface area contributed by atoms with Gasteiger partial charge in [-0.1, -0.05) is 0 Å². The third kappa shape index (κ3) is 3.04. The van der Waals surface area contributed by atoms with Crippen LogP contribution in [0.4, 0.5) is 5.69 Å². The van der Waals surface area contributed by atoms with Crippen LogP contribution in [0.5, 0.6) is 11.5 Å². The molecular weight excluding hydrogens is 232 g/mol. The minimum Gasteiger partial charge on any atom is -0.497 e. The van der Waals surface area contributed by atoms with Crippen molar-refractivity contribution in [3.8, 4) is 11.5 Å². The number of nitrogens with two attached hydrogens (primary N) is 1. The van der Waals surface area contributed by atoms with E-state index in [4.69, 9.17) is 15.3 Å². The van der Waals surface area contributed by atoms with E-state index >= 15 is 0 Å². The van der Waals surface area contributed by atoms with E-state index in [0.717, 1.165) is 24.3 Å². The molecule has 0 radical (unpaired) electrons. The number of hydrogen-bond acceptors (Lipinski definition) is 4. The van der Waals surface area contributed by atoms with Crippen LogP contribution < -0.4 is 26.1 Å². The molecule has 0 unspecified atom stereocenters. The number of rotatable bonds is 4. The Morgan fingerprint density at radius 2 is 2.11 bits per heavy atom. The molecule has 18 heavy (non-hydrogen) atoms. The van der Waals surface area contributed by atoms with Crippen LogP contribution in [-0.2, 0) is 0 Å². The molecule has 0 heterocycles. The average molecular weight is 250 g/mol. The van der Waals surface area contributed by atoms with Gasteiger partial charge in [-0.05, 0) is 25.0 Å². The van der Waals surface area contributed by atoms with Gasteiger partial charge in [0.25, 0.3) is 0 Å². The molecule has 6 heteroatoms. The summed E-state index contributed by atoms with van der Waals surface area (Å²) in [6.45, 7) is 0. The molecule has 1 aliphatic carbocycles. The van der Waals surface area contributed by atoms with Crippen LogP contribution >= 0.6 is 0 Å². The van der Waals surface area contributed by atoms with Crippen molar-refractivity contribution < 1.29 is 9.47 Å². The summed E-state index contributed by atoms with van der Waals surface area (Å²) in [5.74, 6) is 7.39. The molecule has 4 N–H and O–H groups in total. The monoisotopic (exact) mass is 250 g/mol. The second-order valence-electron chi connectivity index (χ2n) is 4.04. The van der Waals surface area contributed by atoms with Crippen molar-refractivity contribution in [2.45, 2.75) is 18.9 Å². The first kappa shape index (κ1) is 12.5. The Morgan fingerprint density at radius 1 is 1.33 bits per heavy atom. The summed E-state index contributed by atoms with van der Waals surface area (Å²) in [4.78, 5) is 4.40. The Balaban J connectivity index is 2.16. The smallest absolute Gasteiger partial charge is 0.210 e. The normalized spacial score (nSPS) is 15.2. The number of nitrogens with one attached hydrogen (secondary N) is 2. The first-order valence-corrected chi connectivity index (χ1v) is 5.80. The highest BCUT2D eigenvalue weighted by Crippen LogP contribution is 2.29. The first-order valence-electron chi connectivity index (χ1n) is 5.80. The number of nitrogens with zero attached hydrogens (tertiary/aromatic N) is 1. The molecule has 0 bridgehead atoms. The number of anilines is 1. The first-order chi connectivity index (χ1) is 8.76. The fraction of sp³-hybridized carbons (Fsp3) is 0.417. The lowest BCUT2D eigenvalue weighted by atomic mass is 10.2. The molecule has 1 fully saturated rings. The predicted molar refractivity (Wildman–Crippen MR) is 70.9 cm³/mol. The molecular formula is C12H18N4O2. The lowest BCUT2D eigenvalue weighted by molar-refractivity contribution is 0.395. The van der Waals surface area contributed by atoms with E-state index in [1.807, 2.05) is 12.1 Å². The Bertz CT molecular complexity index is 444. The average Bonchev–Trinajstić information content (AvgIpc) is 3.22. The second kappa shape index (κ2) is 5.59. The van der Waals surface area contributed by atoms with Crippen molar-refractivity contribution in [3.63, 3.8) is 0 Å². The maximum atomic E-state index is 5.44. The minimum atomic E-state index is 0.382. The van der Waals surface area contributed by atoms with Gasteiger partial charge >= 0.3 is 0 Å². The van der Waals surface area contributed by atoms with Gasteiger partial charge in [0.1, 0.15) is 11.5 Å². The topological polar surface area (TPSA) is 80.9 Å². The van der Waals surface area contributed by atoms with Crippen molar-refractivity contribution in [2.75, 3.05) is 19.5 Å². The van der Waals surface area contributed by atoms with Gasteiger partial charge in [-0.3, -0.25) is 5.43 Å². The standard InChI is InChI=1S/C12H18N4O2/c1-17-9-5-6-10(11(7-9)18-2)15-12(16-13)14-8-3-4-8/h5-8H,3-4,13H2,1-2H3,(H2,14,15,16). The maximum absolute atomic E-state index is 5.44. The van der Waals surface area contributed by atoms with Crippen LogP contribution in [0.15, 0.2) is 23.2 Å². The van der Waals surface area contributed by atoms with Gasteiger partial charge in [0.15, 0.2) is 0 Å². The number of methoxy groups -OCH3 is 2. The summed E-state index contributed by atoms with van der Waals surface area (Å²) in [6.07, 6.45) is 2.24. The molecule has 1 aliphatic rings. The summed E-state index contributed by atoms with van der Waals surface area (Å²) in [5.41, 5.74) is 3.34. The second-order valence-corrected chi connectivity index (χ2v) is 4.04. The Kier molecular flexibility index (Phi) is 3.88. The summed E-state index contributed by atoms with van der Waals surface area (Å²) in [7, 11) is 3.22. The fourth-order valence-electron chi connectivity index (χ4n) is 1.52. The molecule has 98 valence electrons. The highest BCUT2D eigenvalue weighted by molar-refractivity contribution is 5.94. The zero-order chi connectivity index (χ0) is 13.0. The number of guanidine groups is 1. The van der Waals surface area contributed by atoms with Crippen molar-refractivity contribution in [3.05, 3.63) is 18.2 Å². The van der Waals surface area contributed by atoms with Crippen LogP contribution in [0.1, 0.15) is 12.8 Å². The van der Waals surface area contributed by atoms with E-state index in [2.05, 4.69) is 15.7 Å². The van der Waals surface area contributed by atoms with Gasteiger partial charge in [-0.15, -0.1) is 0 Å². The molecule has 0 aliphatic heterocycles. The zero-order valence-corrected chi connectivity index (χ0v) is 10.6. The highest BCUT2D eigenvalue weighted by Gasteiger charge is 2.21. The largest absolute Gasteiger partial charge is 0.497 e. The third-order valence-electron chi connectivity index (χ3n) is 2.66. The molecule has 0 amide bonds. The van der Waals surface area contributed by atoms with Crippen molar-refractivity contribution in [1.82, 2.24) is 5.43 Å². The minimum absolute atomic E-state index is 0.382. The van der Waals surface area contributed by atoms with E-state index in [1.54, 1.807) is 20.3 Å². The van der Waals surface area contributed by atoms with Crippen molar-refractivity contribution in [2.24, 2.45) is 10.8 Å². The van der Waals surface area contributed by atoms with E-state index < -0.39 is 0 Å². The molecule has 1 aromatic carbocycles. The number of hydrogen-bond donors (Lipinski definition) is 3. The number of ether oxygens (including phenoxy) is 2. The SMILES string of the molecule is COc1ccc(NC(=NC2CC2)NN)c(OC)c1. The Labute approximate surface area is 106 Å². The fourth-order valence-corrected chi connectivity index (χ4v) is 1.52. The van der Waals surface area contributed by atoms with Gasteiger partial charge in [-0.2, -0.15) is 0 Å². The van der Waals surface area contributed by atoms with E-state index in [0.29, 0.717) is 17.8 Å². The molecule has 0 saturated heterocycles. The van der Waals surface area contributed by atoms with Gasteiger partial charge < -0.3 is 14.8 Å².